The van der Waals surface area contributed by atoms with Crippen LogP contribution in [0.15, 0.2) is 10.5 Å². The fourth-order valence-electron chi connectivity index (χ4n) is 1.22. The predicted octanol–water partition coefficient (Wildman–Crippen LogP) is 4.81. The zero-order chi connectivity index (χ0) is 14.1. The van der Waals surface area contributed by atoms with Gasteiger partial charge in [-0.1, -0.05) is 20.8 Å². The number of aryl methyl sites for hydroxylation is 1. The van der Waals surface area contributed by atoms with Crippen LogP contribution in [-0.2, 0) is 11.0 Å². The molecule has 0 N–H and O–H groups in total. The number of hydrogen-bond donors (Lipinski definition) is 0. The van der Waals surface area contributed by atoms with Crippen molar-refractivity contribution in [2.75, 3.05) is 0 Å². The van der Waals surface area contributed by atoms with Crippen molar-refractivity contribution in [1.82, 2.24) is 4.98 Å². The molecule has 0 fully saturated rings. The summed E-state index contributed by atoms with van der Waals surface area (Å²) in [6.07, 6.45) is 0. The molecule has 0 saturated carbocycles. The zero-order valence-electron chi connectivity index (χ0n) is 11.9. The van der Waals surface area contributed by atoms with Gasteiger partial charge in [-0.15, -0.1) is 0 Å². The van der Waals surface area contributed by atoms with E-state index in [1.807, 2.05) is 0 Å². The van der Waals surface area contributed by atoms with Crippen molar-refractivity contribution < 1.29 is 8.82 Å². The minimum Gasteiger partial charge on any atom is -0.411 e. The van der Waals surface area contributed by atoms with E-state index in [2.05, 4.69) is 54.8 Å². The smallest absolute Gasteiger partial charge is 0.192 e. The van der Waals surface area contributed by atoms with Crippen LogP contribution >= 0.6 is 15.9 Å². The standard InChI is InChI=1S/C13H21BrFNOSi/c1-9-12(15)11(14)7-10(16-9)8-17-18(5,6)13(2,3)4/h7H,8H2,1-6H3. The van der Waals surface area contributed by atoms with E-state index >= 15 is 0 Å². The van der Waals surface area contributed by atoms with Gasteiger partial charge in [-0.2, -0.15) is 0 Å². The average Bonchev–Trinajstić information content (AvgIpc) is 2.21. The molecule has 0 spiro atoms. The molecule has 0 aromatic carbocycles. The maximum Gasteiger partial charge on any atom is 0.192 e. The van der Waals surface area contributed by atoms with Crippen LogP contribution in [-0.4, -0.2) is 13.3 Å². The SMILES string of the molecule is Cc1nc(CO[Si](C)(C)C(C)(C)C)cc(Br)c1F. The Balaban J connectivity index is 2.82. The van der Waals surface area contributed by atoms with Gasteiger partial charge in [-0.05, 0) is 47.1 Å². The average molecular weight is 334 g/mol. The predicted molar refractivity (Wildman–Crippen MR) is 78.6 cm³/mol. The second kappa shape index (κ2) is 5.39. The molecule has 1 aromatic rings. The molecule has 2 nitrogen and oxygen atoms in total. The Labute approximate surface area is 118 Å². The molecular formula is C13H21BrFNOSi. The van der Waals surface area contributed by atoms with Crippen LogP contribution in [0.5, 0.6) is 0 Å². The van der Waals surface area contributed by atoms with Crippen molar-refractivity contribution in [3.05, 3.63) is 27.7 Å². The van der Waals surface area contributed by atoms with Gasteiger partial charge in [0.05, 0.1) is 22.5 Å². The van der Waals surface area contributed by atoms with E-state index in [4.69, 9.17) is 4.43 Å². The van der Waals surface area contributed by atoms with Gasteiger partial charge in [0.1, 0.15) is 0 Å². The van der Waals surface area contributed by atoms with Crippen LogP contribution in [0, 0.1) is 12.7 Å². The Morgan fingerprint density at radius 3 is 2.39 bits per heavy atom. The molecule has 0 unspecified atom stereocenters. The number of hydrogen-bond acceptors (Lipinski definition) is 2. The van der Waals surface area contributed by atoms with Crippen molar-refractivity contribution in [3.8, 4) is 0 Å². The van der Waals surface area contributed by atoms with Crippen molar-refractivity contribution in [1.29, 1.82) is 0 Å². The number of halogens is 2. The van der Waals surface area contributed by atoms with Crippen molar-refractivity contribution in [2.45, 2.75) is 52.4 Å². The fourth-order valence-corrected chi connectivity index (χ4v) is 2.72. The molecular weight excluding hydrogens is 313 g/mol. The van der Waals surface area contributed by atoms with E-state index in [1.165, 1.54) is 0 Å². The zero-order valence-corrected chi connectivity index (χ0v) is 14.5. The lowest BCUT2D eigenvalue weighted by molar-refractivity contribution is 0.271. The molecule has 0 atom stereocenters. The third-order valence-electron chi connectivity index (χ3n) is 3.52. The topological polar surface area (TPSA) is 22.1 Å². The third-order valence-corrected chi connectivity index (χ3v) is 8.57. The summed E-state index contributed by atoms with van der Waals surface area (Å²) in [6.45, 7) is 13.1. The Morgan fingerprint density at radius 1 is 1.39 bits per heavy atom. The summed E-state index contributed by atoms with van der Waals surface area (Å²) in [5.74, 6) is -0.300. The quantitative estimate of drug-likeness (QED) is 0.740. The number of aromatic nitrogens is 1. The summed E-state index contributed by atoms with van der Waals surface area (Å²) in [5, 5.41) is 0.166. The summed E-state index contributed by atoms with van der Waals surface area (Å²) >= 11 is 3.20. The summed E-state index contributed by atoms with van der Waals surface area (Å²) < 4.78 is 19.9. The first-order chi connectivity index (χ1) is 8.04. The number of nitrogens with zero attached hydrogens (tertiary/aromatic N) is 1. The van der Waals surface area contributed by atoms with Gasteiger partial charge in [0, 0.05) is 0 Å². The summed E-state index contributed by atoms with van der Waals surface area (Å²) in [5.41, 5.74) is 1.17. The Hall–Kier alpha value is -0.263. The second-order valence-electron chi connectivity index (χ2n) is 6.04. The molecule has 0 aliphatic carbocycles. The number of pyridine rings is 1. The minimum absolute atomic E-state index is 0.166. The molecule has 0 radical (unpaired) electrons. The van der Waals surface area contributed by atoms with Crippen LogP contribution in [0.25, 0.3) is 0 Å². The third kappa shape index (κ3) is 3.62. The van der Waals surface area contributed by atoms with E-state index in [-0.39, 0.29) is 10.9 Å². The monoisotopic (exact) mass is 333 g/mol. The van der Waals surface area contributed by atoms with Crippen LogP contribution in [0.4, 0.5) is 4.39 Å². The molecule has 0 aliphatic heterocycles. The van der Waals surface area contributed by atoms with Crippen LogP contribution in [0.3, 0.4) is 0 Å². The Bertz CT molecular complexity index is 420. The normalized spacial score (nSPS) is 12.9. The highest BCUT2D eigenvalue weighted by atomic mass is 79.9. The second-order valence-corrected chi connectivity index (χ2v) is 11.7. The molecule has 0 bridgehead atoms. The lowest BCUT2D eigenvalue weighted by Crippen LogP contribution is -2.40. The van der Waals surface area contributed by atoms with Gasteiger partial charge in [0.15, 0.2) is 14.1 Å². The van der Waals surface area contributed by atoms with E-state index in [0.717, 1.165) is 5.69 Å². The van der Waals surface area contributed by atoms with Gasteiger partial charge >= 0.3 is 0 Å². The molecule has 5 heteroatoms. The van der Waals surface area contributed by atoms with Crippen LogP contribution in [0.2, 0.25) is 18.1 Å². The Morgan fingerprint density at radius 2 is 1.94 bits per heavy atom. The largest absolute Gasteiger partial charge is 0.411 e. The van der Waals surface area contributed by atoms with Gasteiger partial charge in [-0.25, -0.2) is 4.39 Å². The summed E-state index contributed by atoms with van der Waals surface area (Å²) in [7, 11) is -1.79. The lowest BCUT2D eigenvalue weighted by Gasteiger charge is -2.36. The molecule has 0 aliphatic rings. The van der Waals surface area contributed by atoms with Gasteiger partial charge in [0.2, 0.25) is 0 Å². The van der Waals surface area contributed by atoms with E-state index in [9.17, 15) is 4.39 Å². The van der Waals surface area contributed by atoms with Gasteiger partial charge in [-0.3, -0.25) is 4.98 Å². The summed E-state index contributed by atoms with van der Waals surface area (Å²) in [6, 6.07) is 1.69. The highest BCUT2D eigenvalue weighted by molar-refractivity contribution is 9.10. The highest BCUT2D eigenvalue weighted by Crippen LogP contribution is 2.37. The van der Waals surface area contributed by atoms with Crippen LogP contribution < -0.4 is 0 Å². The first kappa shape index (κ1) is 15.8. The molecule has 0 amide bonds. The van der Waals surface area contributed by atoms with Crippen molar-refractivity contribution in [2.24, 2.45) is 0 Å². The first-order valence-electron chi connectivity index (χ1n) is 6.00. The van der Waals surface area contributed by atoms with Crippen molar-refractivity contribution in [3.63, 3.8) is 0 Å². The van der Waals surface area contributed by atoms with E-state index < -0.39 is 8.32 Å². The van der Waals surface area contributed by atoms with E-state index in [0.29, 0.717) is 16.8 Å². The Kier molecular flexibility index (Phi) is 4.73. The minimum atomic E-state index is -1.79. The summed E-state index contributed by atoms with van der Waals surface area (Å²) in [4.78, 5) is 4.21. The molecule has 102 valence electrons. The molecule has 0 saturated heterocycles. The number of rotatable bonds is 3. The lowest BCUT2D eigenvalue weighted by atomic mass is 10.2. The molecule has 1 aromatic heterocycles. The van der Waals surface area contributed by atoms with Gasteiger partial charge < -0.3 is 4.43 Å². The highest BCUT2D eigenvalue weighted by Gasteiger charge is 2.37. The first-order valence-corrected chi connectivity index (χ1v) is 9.70. The van der Waals surface area contributed by atoms with Gasteiger partial charge in [0.25, 0.3) is 0 Å². The molecule has 1 heterocycles. The fraction of sp³-hybridized carbons (Fsp3) is 0.615. The maximum absolute atomic E-state index is 13.4. The molecule has 1 rings (SSSR count). The van der Waals surface area contributed by atoms with E-state index in [1.54, 1.807) is 13.0 Å². The maximum atomic E-state index is 13.4. The van der Waals surface area contributed by atoms with Crippen molar-refractivity contribution >= 4 is 24.2 Å². The molecule has 18 heavy (non-hydrogen) atoms. The van der Waals surface area contributed by atoms with Crippen LogP contribution in [0.1, 0.15) is 32.2 Å².